The number of nitrogens with zero attached hydrogens (tertiary/aromatic N) is 1. The maximum atomic E-state index is 6.13. The van der Waals surface area contributed by atoms with Gasteiger partial charge < -0.3 is 0 Å². The summed E-state index contributed by atoms with van der Waals surface area (Å²) in [6.45, 7) is 2.05. The number of pyridine rings is 1. The third-order valence-electron chi connectivity index (χ3n) is 1.92. The number of hydrogen-bond donors (Lipinski definition) is 0. The summed E-state index contributed by atoms with van der Waals surface area (Å²) in [5.41, 5.74) is 2.17. The maximum absolute atomic E-state index is 6.13. The number of fused-ring (bicyclic) bond motifs is 1. The molecule has 0 unspecified atom stereocenters. The summed E-state index contributed by atoms with van der Waals surface area (Å²) >= 11 is 8.32. The Bertz CT molecular complexity index is 468. The highest BCUT2D eigenvalue weighted by atomic mass is 127. The first-order chi connectivity index (χ1) is 6.18. The van der Waals surface area contributed by atoms with Crippen molar-refractivity contribution in [1.29, 1.82) is 0 Å². The van der Waals surface area contributed by atoms with Crippen LogP contribution in [0.5, 0.6) is 0 Å². The molecule has 66 valence electrons. The van der Waals surface area contributed by atoms with Crippen LogP contribution in [0.4, 0.5) is 0 Å². The van der Waals surface area contributed by atoms with Crippen molar-refractivity contribution >= 4 is 45.1 Å². The van der Waals surface area contributed by atoms with Crippen molar-refractivity contribution in [3.63, 3.8) is 0 Å². The number of halogens is 2. The van der Waals surface area contributed by atoms with Crippen molar-refractivity contribution < 1.29 is 0 Å². The van der Waals surface area contributed by atoms with Crippen LogP contribution < -0.4 is 0 Å². The first kappa shape index (κ1) is 9.21. The van der Waals surface area contributed by atoms with E-state index in [4.69, 9.17) is 11.6 Å². The molecule has 0 saturated heterocycles. The smallest absolute Gasteiger partial charge is 0.0720 e. The number of benzene rings is 1. The van der Waals surface area contributed by atoms with E-state index in [-0.39, 0.29) is 0 Å². The van der Waals surface area contributed by atoms with Crippen LogP contribution in [0.3, 0.4) is 0 Å². The van der Waals surface area contributed by atoms with Gasteiger partial charge in [0.15, 0.2) is 0 Å². The van der Waals surface area contributed by atoms with E-state index in [9.17, 15) is 0 Å². The van der Waals surface area contributed by atoms with Crippen molar-refractivity contribution in [3.05, 3.63) is 38.6 Å². The van der Waals surface area contributed by atoms with Crippen molar-refractivity contribution in [2.45, 2.75) is 6.92 Å². The van der Waals surface area contributed by atoms with Gasteiger partial charge >= 0.3 is 0 Å². The van der Waals surface area contributed by atoms with E-state index in [0.717, 1.165) is 19.5 Å². The molecule has 0 aliphatic heterocycles. The summed E-state index contributed by atoms with van der Waals surface area (Å²) < 4.78 is 0.996. The Morgan fingerprint density at radius 2 is 2.15 bits per heavy atom. The highest BCUT2D eigenvalue weighted by Gasteiger charge is 2.03. The van der Waals surface area contributed by atoms with Gasteiger partial charge in [-0.15, -0.1) is 0 Å². The summed E-state index contributed by atoms with van der Waals surface area (Å²) in [7, 11) is 0. The van der Waals surface area contributed by atoms with Gasteiger partial charge in [0.05, 0.1) is 14.1 Å². The second-order valence-electron chi connectivity index (χ2n) is 2.94. The standard InChI is InChI=1S/C10H7ClIN/c1-6-2-3-7-9(4-6)13-5-8(12)10(7)11/h2-5H,1H3. The van der Waals surface area contributed by atoms with Crippen molar-refractivity contribution in [1.82, 2.24) is 4.98 Å². The molecule has 2 rings (SSSR count). The van der Waals surface area contributed by atoms with Crippen LogP contribution in [0.15, 0.2) is 24.4 Å². The third-order valence-corrected chi connectivity index (χ3v) is 3.46. The molecule has 1 nitrogen and oxygen atoms in total. The van der Waals surface area contributed by atoms with Crippen molar-refractivity contribution in [2.24, 2.45) is 0 Å². The van der Waals surface area contributed by atoms with Gasteiger partial charge in [0.1, 0.15) is 0 Å². The van der Waals surface area contributed by atoms with E-state index < -0.39 is 0 Å². The zero-order valence-corrected chi connectivity index (χ0v) is 9.93. The molecule has 0 spiro atoms. The predicted molar refractivity (Wildman–Crippen MR) is 64.2 cm³/mol. The van der Waals surface area contributed by atoms with Gasteiger partial charge in [-0.1, -0.05) is 23.7 Å². The molecular weight excluding hydrogens is 296 g/mol. The lowest BCUT2D eigenvalue weighted by Gasteiger charge is -2.02. The van der Waals surface area contributed by atoms with Gasteiger partial charge in [0.25, 0.3) is 0 Å². The average molecular weight is 304 g/mol. The molecule has 1 heterocycles. The van der Waals surface area contributed by atoms with Crippen LogP contribution in [0.1, 0.15) is 5.56 Å². The van der Waals surface area contributed by atoms with Crippen molar-refractivity contribution in [3.8, 4) is 0 Å². The average Bonchev–Trinajstić information content (AvgIpc) is 2.12. The van der Waals surface area contributed by atoms with E-state index in [1.165, 1.54) is 5.56 Å². The Kier molecular flexibility index (Phi) is 2.43. The van der Waals surface area contributed by atoms with Gasteiger partial charge in [0.2, 0.25) is 0 Å². The molecule has 13 heavy (non-hydrogen) atoms. The molecule has 0 bridgehead atoms. The molecule has 1 aromatic carbocycles. The lowest BCUT2D eigenvalue weighted by atomic mass is 10.1. The fraction of sp³-hybridized carbons (Fsp3) is 0.100. The number of rotatable bonds is 0. The molecule has 2 aromatic rings. The maximum Gasteiger partial charge on any atom is 0.0720 e. The fourth-order valence-electron chi connectivity index (χ4n) is 1.25. The second-order valence-corrected chi connectivity index (χ2v) is 4.48. The second kappa shape index (κ2) is 3.42. The summed E-state index contributed by atoms with van der Waals surface area (Å²) in [6.07, 6.45) is 1.80. The summed E-state index contributed by atoms with van der Waals surface area (Å²) in [4.78, 5) is 4.31. The van der Waals surface area contributed by atoms with Crippen LogP contribution in [-0.2, 0) is 0 Å². The minimum atomic E-state index is 0.797. The quantitative estimate of drug-likeness (QED) is 0.675. The van der Waals surface area contributed by atoms with Crippen LogP contribution in [0, 0.1) is 10.5 Å². The lowest BCUT2D eigenvalue weighted by Crippen LogP contribution is -1.84. The Morgan fingerprint density at radius 1 is 1.38 bits per heavy atom. The number of aryl methyl sites for hydroxylation is 1. The molecule has 0 saturated carbocycles. The Hall–Kier alpha value is -0.350. The molecule has 0 radical (unpaired) electrons. The van der Waals surface area contributed by atoms with E-state index in [1.807, 2.05) is 25.1 Å². The summed E-state index contributed by atoms with van der Waals surface area (Å²) in [5, 5.41) is 1.82. The largest absolute Gasteiger partial charge is 0.255 e. The van der Waals surface area contributed by atoms with Crippen LogP contribution in [0.2, 0.25) is 5.02 Å². The van der Waals surface area contributed by atoms with E-state index in [2.05, 4.69) is 27.6 Å². The normalized spacial score (nSPS) is 10.7. The fourth-order valence-corrected chi connectivity index (χ4v) is 1.88. The van der Waals surface area contributed by atoms with E-state index in [1.54, 1.807) is 6.20 Å². The molecule has 0 N–H and O–H groups in total. The molecule has 0 atom stereocenters. The third kappa shape index (κ3) is 1.65. The minimum absolute atomic E-state index is 0.797. The number of hydrogen-bond acceptors (Lipinski definition) is 1. The Labute approximate surface area is 95.3 Å². The zero-order valence-electron chi connectivity index (χ0n) is 7.01. The molecule has 0 amide bonds. The first-order valence-corrected chi connectivity index (χ1v) is 5.34. The van der Waals surface area contributed by atoms with Gasteiger partial charge in [0, 0.05) is 11.6 Å². The minimum Gasteiger partial charge on any atom is -0.255 e. The van der Waals surface area contributed by atoms with Gasteiger partial charge in [-0.2, -0.15) is 0 Å². The van der Waals surface area contributed by atoms with E-state index in [0.29, 0.717) is 0 Å². The lowest BCUT2D eigenvalue weighted by molar-refractivity contribution is 1.37. The van der Waals surface area contributed by atoms with E-state index >= 15 is 0 Å². The molecule has 0 fully saturated rings. The van der Waals surface area contributed by atoms with Gasteiger partial charge in [-0.25, -0.2) is 0 Å². The number of aromatic nitrogens is 1. The monoisotopic (exact) mass is 303 g/mol. The topological polar surface area (TPSA) is 12.9 Å². The Balaban J connectivity index is 2.87. The molecule has 1 aromatic heterocycles. The van der Waals surface area contributed by atoms with Crippen LogP contribution >= 0.6 is 34.2 Å². The van der Waals surface area contributed by atoms with Crippen molar-refractivity contribution in [2.75, 3.05) is 0 Å². The summed E-state index contributed by atoms with van der Waals surface area (Å²) in [6, 6.07) is 6.10. The molecule has 0 aliphatic carbocycles. The summed E-state index contributed by atoms with van der Waals surface area (Å²) in [5.74, 6) is 0. The van der Waals surface area contributed by atoms with Crippen LogP contribution in [0.25, 0.3) is 10.9 Å². The predicted octanol–water partition coefficient (Wildman–Crippen LogP) is 3.80. The molecule has 3 heteroatoms. The Morgan fingerprint density at radius 3 is 2.92 bits per heavy atom. The first-order valence-electron chi connectivity index (χ1n) is 3.89. The highest BCUT2D eigenvalue weighted by molar-refractivity contribution is 14.1. The molecular formula is C10H7ClIN. The SMILES string of the molecule is Cc1ccc2c(Cl)c(I)cnc2c1. The highest BCUT2D eigenvalue weighted by Crippen LogP contribution is 2.26. The zero-order chi connectivity index (χ0) is 9.42. The van der Waals surface area contributed by atoms with Gasteiger partial charge in [-0.05, 0) is 41.1 Å². The van der Waals surface area contributed by atoms with Gasteiger partial charge in [-0.3, -0.25) is 4.98 Å². The van der Waals surface area contributed by atoms with Crippen LogP contribution in [-0.4, -0.2) is 4.98 Å². The molecule has 0 aliphatic rings.